The third-order valence-electron chi connectivity index (χ3n) is 4.34. The van der Waals surface area contributed by atoms with Crippen molar-refractivity contribution in [2.75, 3.05) is 6.54 Å². The van der Waals surface area contributed by atoms with E-state index in [0.717, 1.165) is 24.8 Å². The molecule has 5 heteroatoms. The number of piperazine rings is 1. The quantitative estimate of drug-likeness (QED) is 0.846. The predicted octanol–water partition coefficient (Wildman–Crippen LogP) is 2.28. The number of nitrogens with zero attached hydrogens (tertiary/aromatic N) is 1. The monoisotopic (exact) mass is 298 g/mol. The van der Waals surface area contributed by atoms with Crippen molar-refractivity contribution in [3.05, 3.63) is 11.1 Å². The van der Waals surface area contributed by atoms with E-state index >= 15 is 0 Å². The van der Waals surface area contributed by atoms with Gasteiger partial charge in [0.1, 0.15) is 12.1 Å². The molecule has 2 aliphatic rings. The summed E-state index contributed by atoms with van der Waals surface area (Å²) < 4.78 is 0. The Morgan fingerprint density at radius 1 is 1.50 bits per heavy atom. The minimum atomic E-state index is -0.398. The lowest BCUT2D eigenvalue weighted by Gasteiger charge is -2.41. The summed E-state index contributed by atoms with van der Waals surface area (Å²) in [7, 11) is 0. The van der Waals surface area contributed by atoms with Crippen molar-refractivity contribution < 1.29 is 9.59 Å². The summed E-state index contributed by atoms with van der Waals surface area (Å²) in [4.78, 5) is 26.8. The van der Waals surface area contributed by atoms with Gasteiger partial charge in [0.05, 0.1) is 0 Å². The topological polar surface area (TPSA) is 49.4 Å². The molecule has 0 aromatic carbocycles. The summed E-state index contributed by atoms with van der Waals surface area (Å²) in [5.41, 5.74) is 2.39. The standard InChI is InChI=1S/C15H23ClN2O2/c1-4-10(3)12-15(20)18(8-9(2)7-16)13(11-5-6-11)14(19)17-12/h7,10-13H,4-6,8H2,1-3H3,(H,17,19). The zero-order valence-corrected chi connectivity index (χ0v) is 13.1. The van der Waals surface area contributed by atoms with Crippen molar-refractivity contribution in [2.45, 2.75) is 52.1 Å². The van der Waals surface area contributed by atoms with Crippen molar-refractivity contribution in [3.8, 4) is 0 Å². The number of hydrogen-bond acceptors (Lipinski definition) is 2. The first-order valence-corrected chi connectivity index (χ1v) is 7.80. The molecule has 2 amide bonds. The fourth-order valence-electron chi connectivity index (χ4n) is 2.74. The third kappa shape index (κ3) is 3.00. The van der Waals surface area contributed by atoms with E-state index in [1.54, 1.807) is 4.90 Å². The maximum absolute atomic E-state index is 12.7. The number of rotatable bonds is 5. The zero-order chi connectivity index (χ0) is 14.9. The fraction of sp³-hybridized carbons (Fsp3) is 0.733. The van der Waals surface area contributed by atoms with E-state index < -0.39 is 6.04 Å². The van der Waals surface area contributed by atoms with Crippen molar-refractivity contribution in [1.29, 1.82) is 0 Å². The van der Waals surface area contributed by atoms with Crippen molar-refractivity contribution in [2.24, 2.45) is 11.8 Å². The van der Waals surface area contributed by atoms with Gasteiger partial charge in [-0.25, -0.2) is 0 Å². The Kier molecular flexibility index (Phi) is 4.74. The Balaban J connectivity index is 2.23. The molecule has 3 atom stereocenters. The van der Waals surface area contributed by atoms with E-state index in [1.165, 1.54) is 5.54 Å². The molecular formula is C15H23ClN2O2. The summed E-state index contributed by atoms with van der Waals surface area (Å²) in [5.74, 6) is 0.503. The molecule has 0 aromatic rings. The molecule has 3 unspecified atom stereocenters. The van der Waals surface area contributed by atoms with Crippen LogP contribution < -0.4 is 5.32 Å². The van der Waals surface area contributed by atoms with E-state index in [9.17, 15) is 9.59 Å². The van der Waals surface area contributed by atoms with E-state index in [2.05, 4.69) is 5.32 Å². The SMILES string of the molecule is CCC(C)C1NC(=O)C(C2CC2)N(CC(C)=CCl)C1=O. The first-order valence-electron chi connectivity index (χ1n) is 7.36. The van der Waals surface area contributed by atoms with Crippen LogP contribution in [0.15, 0.2) is 11.1 Å². The number of hydrogen-bond donors (Lipinski definition) is 1. The molecule has 20 heavy (non-hydrogen) atoms. The van der Waals surface area contributed by atoms with Crippen LogP contribution in [0.3, 0.4) is 0 Å². The summed E-state index contributed by atoms with van der Waals surface area (Å²) in [6.45, 7) is 6.37. The molecule has 4 nitrogen and oxygen atoms in total. The molecule has 1 heterocycles. The van der Waals surface area contributed by atoms with Crippen LogP contribution in [0, 0.1) is 11.8 Å². The molecule has 0 bridgehead atoms. The van der Waals surface area contributed by atoms with Gasteiger partial charge in [0, 0.05) is 12.1 Å². The van der Waals surface area contributed by atoms with Crippen LogP contribution in [-0.4, -0.2) is 35.3 Å². The molecule has 0 aromatic heterocycles. The number of carbonyl (C=O) groups is 2. The van der Waals surface area contributed by atoms with Gasteiger partial charge < -0.3 is 10.2 Å². The van der Waals surface area contributed by atoms with E-state index in [1.807, 2.05) is 20.8 Å². The second kappa shape index (κ2) is 6.17. The number of carbonyl (C=O) groups excluding carboxylic acids is 2. The Labute approximate surface area is 125 Å². The Hall–Kier alpha value is -1.03. The van der Waals surface area contributed by atoms with Crippen LogP contribution in [0.5, 0.6) is 0 Å². The first kappa shape index (κ1) is 15.4. The molecular weight excluding hydrogens is 276 g/mol. The van der Waals surface area contributed by atoms with Gasteiger partial charge in [0.25, 0.3) is 0 Å². The first-order chi connectivity index (χ1) is 9.49. The lowest BCUT2D eigenvalue weighted by Crippen LogP contribution is -2.65. The van der Waals surface area contributed by atoms with Gasteiger partial charge in [-0.3, -0.25) is 9.59 Å². The Morgan fingerprint density at radius 2 is 2.15 bits per heavy atom. The number of amides is 2. The maximum atomic E-state index is 12.7. The van der Waals surface area contributed by atoms with Crippen molar-refractivity contribution in [1.82, 2.24) is 10.2 Å². The van der Waals surface area contributed by atoms with Gasteiger partial charge in [-0.15, -0.1) is 0 Å². The lowest BCUT2D eigenvalue weighted by molar-refractivity contribution is -0.151. The molecule has 2 rings (SSSR count). The molecule has 1 aliphatic heterocycles. The van der Waals surface area contributed by atoms with Crippen LogP contribution in [0.25, 0.3) is 0 Å². The second-order valence-corrected chi connectivity index (χ2v) is 6.29. The number of nitrogens with one attached hydrogen (secondary N) is 1. The largest absolute Gasteiger partial charge is 0.342 e. The van der Waals surface area contributed by atoms with Gasteiger partial charge >= 0.3 is 0 Å². The fourth-order valence-corrected chi connectivity index (χ4v) is 2.81. The summed E-state index contributed by atoms with van der Waals surface area (Å²) in [6.07, 6.45) is 2.92. The Bertz CT molecular complexity index is 432. The minimum absolute atomic E-state index is 0.000211. The van der Waals surface area contributed by atoms with E-state index in [0.29, 0.717) is 12.5 Å². The zero-order valence-electron chi connectivity index (χ0n) is 12.4. The minimum Gasteiger partial charge on any atom is -0.342 e. The van der Waals surface area contributed by atoms with Gasteiger partial charge in [0.15, 0.2) is 0 Å². The van der Waals surface area contributed by atoms with Crippen LogP contribution in [0.4, 0.5) is 0 Å². The van der Waals surface area contributed by atoms with Crippen LogP contribution in [0.1, 0.15) is 40.0 Å². The Morgan fingerprint density at radius 3 is 2.65 bits per heavy atom. The summed E-state index contributed by atoms with van der Waals surface area (Å²) >= 11 is 5.72. The smallest absolute Gasteiger partial charge is 0.246 e. The van der Waals surface area contributed by atoms with Gasteiger partial charge in [0.2, 0.25) is 11.8 Å². The highest BCUT2D eigenvalue weighted by Gasteiger charge is 2.48. The van der Waals surface area contributed by atoms with Crippen LogP contribution in [-0.2, 0) is 9.59 Å². The number of halogens is 1. The average Bonchev–Trinajstić information content (AvgIpc) is 3.25. The highest BCUT2D eigenvalue weighted by atomic mass is 35.5. The lowest BCUT2D eigenvalue weighted by atomic mass is 9.92. The van der Waals surface area contributed by atoms with Gasteiger partial charge in [-0.05, 0) is 37.2 Å². The predicted molar refractivity (Wildman–Crippen MR) is 79.2 cm³/mol. The molecule has 112 valence electrons. The van der Waals surface area contributed by atoms with Gasteiger partial charge in [-0.1, -0.05) is 31.9 Å². The second-order valence-electron chi connectivity index (χ2n) is 6.08. The van der Waals surface area contributed by atoms with Crippen LogP contribution >= 0.6 is 11.6 Å². The van der Waals surface area contributed by atoms with E-state index in [4.69, 9.17) is 11.6 Å². The maximum Gasteiger partial charge on any atom is 0.246 e. The molecule has 0 radical (unpaired) electrons. The average molecular weight is 299 g/mol. The van der Waals surface area contributed by atoms with Gasteiger partial charge in [-0.2, -0.15) is 0 Å². The molecule has 0 spiro atoms. The third-order valence-corrected chi connectivity index (χ3v) is 4.71. The highest BCUT2D eigenvalue weighted by molar-refractivity contribution is 6.25. The van der Waals surface area contributed by atoms with Crippen molar-refractivity contribution >= 4 is 23.4 Å². The van der Waals surface area contributed by atoms with Crippen molar-refractivity contribution in [3.63, 3.8) is 0 Å². The summed E-state index contributed by atoms with van der Waals surface area (Å²) in [5, 5.41) is 2.93. The normalized spacial score (nSPS) is 29.4. The molecule has 1 N–H and O–H groups in total. The molecule has 1 aliphatic carbocycles. The van der Waals surface area contributed by atoms with Crippen LogP contribution in [0.2, 0.25) is 0 Å². The highest BCUT2D eigenvalue weighted by Crippen LogP contribution is 2.37. The molecule has 1 saturated carbocycles. The van der Waals surface area contributed by atoms with E-state index in [-0.39, 0.29) is 23.8 Å². The molecule has 2 fully saturated rings. The molecule has 1 saturated heterocycles. The summed E-state index contributed by atoms with van der Waals surface area (Å²) in [6, 6.07) is -0.708.